The Kier molecular flexibility index (Phi) is 5.80. The number of carbonyl (C=O) groups is 2. The van der Waals surface area contributed by atoms with Gasteiger partial charge in [0.05, 0.1) is 0 Å². The van der Waals surface area contributed by atoms with Gasteiger partial charge in [0.15, 0.2) is 0 Å². The Hall–Kier alpha value is -1.59. The van der Waals surface area contributed by atoms with E-state index in [1.54, 1.807) is 0 Å². The van der Waals surface area contributed by atoms with Crippen LogP contribution in [-0.4, -0.2) is 30.9 Å². The van der Waals surface area contributed by atoms with Crippen LogP contribution in [0.3, 0.4) is 0 Å². The van der Waals surface area contributed by atoms with Crippen molar-refractivity contribution in [1.82, 2.24) is 10.6 Å². The van der Waals surface area contributed by atoms with Crippen molar-refractivity contribution in [2.75, 3.05) is 18.4 Å². The predicted molar refractivity (Wildman–Crippen MR) is 88.3 cm³/mol. The van der Waals surface area contributed by atoms with Gasteiger partial charge < -0.3 is 10.6 Å². The van der Waals surface area contributed by atoms with Gasteiger partial charge in [-0.15, -0.1) is 12.4 Å². The number of carbonyl (C=O) groups excluding carboxylic acids is 2. The van der Waals surface area contributed by atoms with Crippen LogP contribution in [0.1, 0.15) is 37.2 Å². The normalized spacial score (nSPS) is 22.6. The standard InChI is InChI=1S/C16H21N3O2.ClH/c20-15-6-5-14(16(21)19-15)18-13-3-1-11(2-4-13)12-7-9-17-10-8-12;/h1-4,12,14,17-18H,5-10H2,(H,19,20,21);1H. The zero-order valence-corrected chi connectivity index (χ0v) is 13.2. The lowest BCUT2D eigenvalue weighted by molar-refractivity contribution is -0.133. The van der Waals surface area contributed by atoms with E-state index < -0.39 is 0 Å². The minimum absolute atomic E-state index is 0. The quantitative estimate of drug-likeness (QED) is 0.742. The molecule has 1 unspecified atom stereocenters. The SMILES string of the molecule is Cl.O=C1CCC(Nc2ccc(C3CCNCC3)cc2)C(=O)N1. The van der Waals surface area contributed by atoms with Gasteiger partial charge in [0.1, 0.15) is 6.04 Å². The van der Waals surface area contributed by atoms with Crippen LogP contribution in [0, 0.1) is 0 Å². The van der Waals surface area contributed by atoms with Crippen LogP contribution in [0.25, 0.3) is 0 Å². The summed E-state index contributed by atoms with van der Waals surface area (Å²) in [5, 5.41) is 8.94. The average Bonchev–Trinajstić information content (AvgIpc) is 2.52. The zero-order valence-electron chi connectivity index (χ0n) is 12.4. The molecule has 2 aliphatic heterocycles. The summed E-state index contributed by atoms with van der Waals surface area (Å²) >= 11 is 0. The summed E-state index contributed by atoms with van der Waals surface area (Å²) in [7, 11) is 0. The van der Waals surface area contributed by atoms with Crippen LogP contribution in [0.15, 0.2) is 24.3 Å². The van der Waals surface area contributed by atoms with Gasteiger partial charge in [-0.05, 0) is 56.0 Å². The third kappa shape index (κ3) is 3.99. The lowest BCUT2D eigenvalue weighted by atomic mass is 9.90. The Morgan fingerprint density at radius 3 is 2.32 bits per heavy atom. The third-order valence-electron chi connectivity index (χ3n) is 4.30. The van der Waals surface area contributed by atoms with E-state index in [1.807, 2.05) is 12.1 Å². The number of hydrogen-bond donors (Lipinski definition) is 3. The second-order valence-corrected chi connectivity index (χ2v) is 5.79. The maximum atomic E-state index is 11.7. The summed E-state index contributed by atoms with van der Waals surface area (Å²) in [4.78, 5) is 22.8. The number of amides is 2. The molecule has 3 rings (SSSR count). The van der Waals surface area contributed by atoms with Crippen LogP contribution < -0.4 is 16.0 Å². The van der Waals surface area contributed by atoms with Gasteiger partial charge in [-0.3, -0.25) is 14.9 Å². The van der Waals surface area contributed by atoms with Crippen molar-refractivity contribution < 1.29 is 9.59 Å². The van der Waals surface area contributed by atoms with E-state index in [0.717, 1.165) is 18.8 Å². The molecule has 6 heteroatoms. The van der Waals surface area contributed by atoms with Crippen LogP contribution in [0.2, 0.25) is 0 Å². The zero-order chi connectivity index (χ0) is 14.7. The lowest BCUT2D eigenvalue weighted by Gasteiger charge is -2.24. The van der Waals surface area contributed by atoms with E-state index in [2.05, 4.69) is 28.1 Å². The maximum absolute atomic E-state index is 11.7. The molecule has 2 fully saturated rings. The van der Waals surface area contributed by atoms with Crippen molar-refractivity contribution in [3.05, 3.63) is 29.8 Å². The average molecular weight is 324 g/mol. The fraction of sp³-hybridized carbons (Fsp3) is 0.500. The van der Waals surface area contributed by atoms with E-state index in [0.29, 0.717) is 18.8 Å². The number of nitrogens with one attached hydrogen (secondary N) is 3. The van der Waals surface area contributed by atoms with E-state index in [4.69, 9.17) is 0 Å². The monoisotopic (exact) mass is 323 g/mol. The lowest BCUT2D eigenvalue weighted by Crippen LogP contribution is -2.47. The van der Waals surface area contributed by atoms with Gasteiger partial charge in [0.2, 0.25) is 11.8 Å². The summed E-state index contributed by atoms with van der Waals surface area (Å²) in [6.45, 7) is 2.17. The van der Waals surface area contributed by atoms with Crippen LogP contribution >= 0.6 is 12.4 Å². The molecule has 2 saturated heterocycles. The molecule has 0 spiro atoms. The minimum atomic E-state index is -0.313. The number of piperidine rings is 2. The number of anilines is 1. The van der Waals surface area contributed by atoms with Crippen molar-refractivity contribution in [2.45, 2.75) is 37.6 Å². The van der Waals surface area contributed by atoms with Gasteiger partial charge in [-0.25, -0.2) is 0 Å². The first-order chi connectivity index (χ1) is 10.2. The fourth-order valence-electron chi connectivity index (χ4n) is 3.04. The molecule has 0 radical (unpaired) electrons. The first-order valence-corrected chi connectivity index (χ1v) is 7.63. The molecule has 0 aliphatic carbocycles. The molecular weight excluding hydrogens is 302 g/mol. The van der Waals surface area contributed by atoms with Crippen molar-refractivity contribution in [3.63, 3.8) is 0 Å². The number of halogens is 1. The number of benzene rings is 1. The van der Waals surface area contributed by atoms with E-state index in [9.17, 15) is 9.59 Å². The second kappa shape index (κ2) is 7.61. The number of rotatable bonds is 3. The number of imide groups is 1. The van der Waals surface area contributed by atoms with Crippen molar-refractivity contribution in [1.29, 1.82) is 0 Å². The molecule has 0 aromatic heterocycles. The smallest absolute Gasteiger partial charge is 0.249 e. The van der Waals surface area contributed by atoms with Gasteiger partial charge in [-0.2, -0.15) is 0 Å². The van der Waals surface area contributed by atoms with E-state index in [1.165, 1.54) is 18.4 Å². The molecule has 3 N–H and O–H groups in total. The highest BCUT2D eigenvalue weighted by Crippen LogP contribution is 2.26. The predicted octanol–water partition coefficient (Wildman–Crippen LogP) is 1.79. The Morgan fingerprint density at radius 2 is 1.68 bits per heavy atom. The molecule has 2 aliphatic rings. The topological polar surface area (TPSA) is 70.2 Å². The van der Waals surface area contributed by atoms with Gasteiger partial charge in [0, 0.05) is 12.1 Å². The Labute approximate surface area is 136 Å². The summed E-state index contributed by atoms with van der Waals surface area (Å²) in [5.74, 6) is 0.226. The fourth-order valence-corrected chi connectivity index (χ4v) is 3.04. The Morgan fingerprint density at radius 1 is 1.00 bits per heavy atom. The highest BCUT2D eigenvalue weighted by atomic mass is 35.5. The van der Waals surface area contributed by atoms with E-state index in [-0.39, 0.29) is 30.3 Å². The van der Waals surface area contributed by atoms with Gasteiger partial charge in [0.25, 0.3) is 0 Å². The minimum Gasteiger partial charge on any atom is -0.374 e. The number of hydrogen-bond acceptors (Lipinski definition) is 4. The largest absolute Gasteiger partial charge is 0.374 e. The highest BCUT2D eigenvalue weighted by Gasteiger charge is 2.26. The van der Waals surface area contributed by atoms with Crippen molar-refractivity contribution in [2.24, 2.45) is 0 Å². The Balaban J connectivity index is 0.00000176. The van der Waals surface area contributed by atoms with Gasteiger partial charge in [-0.1, -0.05) is 12.1 Å². The first-order valence-electron chi connectivity index (χ1n) is 7.63. The van der Waals surface area contributed by atoms with Gasteiger partial charge >= 0.3 is 0 Å². The molecule has 1 atom stereocenters. The van der Waals surface area contributed by atoms with Crippen LogP contribution in [0.5, 0.6) is 0 Å². The van der Waals surface area contributed by atoms with Crippen LogP contribution in [-0.2, 0) is 9.59 Å². The molecule has 22 heavy (non-hydrogen) atoms. The maximum Gasteiger partial charge on any atom is 0.249 e. The van der Waals surface area contributed by atoms with Crippen molar-refractivity contribution in [3.8, 4) is 0 Å². The molecule has 1 aromatic rings. The molecule has 0 bridgehead atoms. The summed E-state index contributed by atoms with van der Waals surface area (Å²) in [6.07, 6.45) is 3.32. The van der Waals surface area contributed by atoms with Crippen LogP contribution in [0.4, 0.5) is 5.69 Å². The molecule has 1 aromatic carbocycles. The third-order valence-corrected chi connectivity index (χ3v) is 4.30. The molecule has 2 heterocycles. The molecule has 2 amide bonds. The first kappa shape index (κ1) is 16.8. The summed E-state index contributed by atoms with van der Waals surface area (Å²) in [6, 6.07) is 8.03. The van der Waals surface area contributed by atoms with E-state index >= 15 is 0 Å². The van der Waals surface area contributed by atoms with Crippen molar-refractivity contribution >= 4 is 29.9 Å². The Bertz CT molecular complexity index is 527. The second-order valence-electron chi connectivity index (χ2n) is 5.79. The molecule has 5 nitrogen and oxygen atoms in total. The summed E-state index contributed by atoms with van der Waals surface area (Å²) < 4.78 is 0. The molecule has 0 saturated carbocycles. The highest BCUT2D eigenvalue weighted by molar-refractivity contribution is 6.01. The molecule has 120 valence electrons. The molecular formula is C16H22ClN3O2. The summed E-state index contributed by atoms with van der Waals surface area (Å²) in [5.41, 5.74) is 2.30.